The number of aryl methyl sites for hydroxylation is 1. The lowest BCUT2D eigenvalue weighted by atomic mass is 10.2. The Bertz CT molecular complexity index is 909. The summed E-state index contributed by atoms with van der Waals surface area (Å²) < 4.78 is 23.7. The number of amides is 1. The summed E-state index contributed by atoms with van der Waals surface area (Å²) in [5.41, 5.74) is 1.49. The Morgan fingerprint density at radius 1 is 1.27 bits per heavy atom. The molecule has 5 nitrogen and oxygen atoms in total. The van der Waals surface area contributed by atoms with Crippen molar-refractivity contribution in [1.29, 1.82) is 0 Å². The van der Waals surface area contributed by atoms with Crippen molar-refractivity contribution in [3.63, 3.8) is 0 Å². The third-order valence-corrected chi connectivity index (χ3v) is 3.98. The van der Waals surface area contributed by atoms with Crippen LogP contribution in [0.5, 0.6) is 5.75 Å². The molecule has 2 aromatic carbocycles. The summed E-state index contributed by atoms with van der Waals surface area (Å²) in [6.07, 6.45) is 0. The minimum Gasteiger partial charge on any atom is -0.489 e. The number of carbonyl (C=O) groups is 1. The number of aromatic nitrogens is 1. The van der Waals surface area contributed by atoms with Gasteiger partial charge in [-0.2, -0.15) is 0 Å². The summed E-state index contributed by atoms with van der Waals surface area (Å²) >= 11 is 5.93. The minimum absolute atomic E-state index is 0.120. The molecule has 0 spiro atoms. The lowest BCUT2D eigenvalue weighted by Crippen LogP contribution is -2.24. The van der Waals surface area contributed by atoms with Gasteiger partial charge in [-0.25, -0.2) is 4.39 Å². The Morgan fingerprint density at radius 2 is 2.04 bits per heavy atom. The largest absolute Gasteiger partial charge is 0.489 e. The summed E-state index contributed by atoms with van der Waals surface area (Å²) in [6, 6.07) is 12.8. The molecule has 0 saturated heterocycles. The molecule has 0 fully saturated rings. The van der Waals surface area contributed by atoms with Crippen LogP contribution in [0.4, 0.5) is 4.39 Å². The van der Waals surface area contributed by atoms with Crippen molar-refractivity contribution in [2.75, 3.05) is 0 Å². The van der Waals surface area contributed by atoms with Gasteiger partial charge in [0.2, 0.25) is 0 Å². The molecule has 0 atom stereocenters. The van der Waals surface area contributed by atoms with Gasteiger partial charge >= 0.3 is 0 Å². The number of nitrogens with one attached hydrogen (secondary N) is 1. The molecule has 0 saturated carbocycles. The van der Waals surface area contributed by atoms with E-state index in [0.29, 0.717) is 22.1 Å². The molecular formula is C19H16ClFN2O3. The lowest BCUT2D eigenvalue weighted by Gasteiger charge is -2.08. The first-order valence-electron chi connectivity index (χ1n) is 7.89. The summed E-state index contributed by atoms with van der Waals surface area (Å²) in [5, 5.41) is 7.11. The molecule has 1 aromatic heterocycles. The van der Waals surface area contributed by atoms with E-state index in [4.69, 9.17) is 20.9 Å². The fourth-order valence-electron chi connectivity index (χ4n) is 2.32. The van der Waals surface area contributed by atoms with E-state index in [1.165, 1.54) is 12.1 Å². The number of carbonyl (C=O) groups excluding carboxylic acids is 1. The van der Waals surface area contributed by atoms with Gasteiger partial charge in [0.05, 0.1) is 5.56 Å². The van der Waals surface area contributed by atoms with E-state index in [9.17, 15) is 9.18 Å². The van der Waals surface area contributed by atoms with Crippen LogP contribution < -0.4 is 10.1 Å². The van der Waals surface area contributed by atoms with Crippen LogP contribution in [-0.4, -0.2) is 11.1 Å². The second-order valence-corrected chi connectivity index (χ2v) is 6.06. The molecule has 3 aromatic rings. The topological polar surface area (TPSA) is 64.4 Å². The van der Waals surface area contributed by atoms with Crippen LogP contribution in [-0.2, 0) is 13.2 Å². The molecule has 3 rings (SSSR count). The first-order chi connectivity index (χ1) is 12.5. The van der Waals surface area contributed by atoms with Crippen molar-refractivity contribution >= 4 is 17.5 Å². The smallest absolute Gasteiger partial charge is 0.274 e. The quantitative estimate of drug-likeness (QED) is 0.699. The predicted octanol–water partition coefficient (Wildman–Crippen LogP) is 4.28. The van der Waals surface area contributed by atoms with Crippen LogP contribution in [0, 0.1) is 12.7 Å². The fraction of sp³-hybridized carbons (Fsp3) is 0.158. The zero-order chi connectivity index (χ0) is 18.5. The third-order valence-electron chi connectivity index (χ3n) is 3.75. The van der Waals surface area contributed by atoms with E-state index in [1.54, 1.807) is 43.3 Å². The van der Waals surface area contributed by atoms with E-state index in [-0.39, 0.29) is 24.7 Å². The number of hydrogen-bond acceptors (Lipinski definition) is 4. The average Bonchev–Trinajstić information content (AvgIpc) is 3.00. The number of nitrogens with zero attached hydrogens (tertiary/aromatic N) is 1. The maximum atomic E-state index is 12.9. The molecule has 0 aliphatic carbocycles. The predicted molar refractivity (Wildman–Crippen MR) is 94.6 cm³/mol. The molecule has 1 heterocycles. The molecule has 0 unspecified atom stereocenters. The van der Waals surface area contributed by atoms with E-state index < -0.39 is 5.91 Å². The van der Waals surface area contributed by atoms with Gasteiger partial charge in [0.25, 0.3) is 5.91 Å². The lowest BCUT2D eigenvalue weighted by molar-refractivity contribution is 0.0939. The van der Waals surface area contributed by atoms with Gasteiger partial charge in [-0.3, -0.25) is 4.79 Å². The van der Waals surface area contributed by atoms with E-state index in [0.717, 1.165) is 5.56 Å². The Morgan fingerprint density at radius 3 is 2.77 bits per heavy atom. The van der Waals surface area contributed by atoms with Crippen molar-refractivity contribution in [2.24, 2.45) is 0 Å². The van der Waals surface area contributed by atoms with E-state index in [1.807, 2.05) is 0 Å². The minimum atomic E-state index is -0.393. The van der Waals surface area contributed by atoms with Crippen LogP contribution in [0.1, 0.15) is 27.4 Å². The number of benzene rings is 2. The Kier molecular flexibility index (Phi) is 5.53. The number of halogens is 2. The summed E-state index contributed by atoms with van der Waals surface area (Å²) in [4.78, 5) is 12.4. The van der Waals surface area contributed by atoms with Gasteiger partial charge in [-0.15, -0.1) is 0 Å². The number of rotatable bonds is 6. The van der Waals surface area contributed by atoms with Gasteiger partial charge in [0, 0.05) is 11.6 Å². The summed E-state index contributed by atoms with van der Waals surface area (Å²) in [7, 11) is 0. The second-order valence-electron chi connectivity index (χ2n) is 5.62. The highest BCUT2D eigenvalue weighted by Gasteiger charge is 2.20. The van der Waals surface area contributed by atoms with Gasteiger partial charge in [-0.1, -0.05) is 35.0 Å². The van der Waals surface area contributed by atoms with Gasteiger partial charge in [0.1, 0.15) is 23.9 Å². The van der Waals surface area contributed by atoms with Crippen molar-refractivity contribution in [2.45, 2.75) is 20.1 Å². The van der Waals surface area contributed by atoms with Gasteiger partial charge < -0.3 is 14.6 Å². The van der Waals surface area contributed by atoms with Crippen molar-refractivity contribution in [1.82, 2.24) is 10.5 Å². The molecule has 134 valence electrons. The van der Waals surface area contributed by atoms with Gasteiger partial charge in [0.15, 0.2) is 5.69 Å². The zero-order valence-electron chi connectivity index (χ0n) is 14.0. The molecule has 1 N–H and O–H groups in total. The standard InChI is InChI=1S/C19H16ClFN2O3/c1-12-17(11-25-16-4-2-3-14(20)9-16)18(23-26-12)19(24)22-10-13-5-7-15(21)8-6-13/h2-9H,10-11H2,1H3,(H,22,24). The van der Waals surface area contributed by atoms with Crippen LogP contribution in [0.2, 0.25) is 5.02 Å². The molecule has 0 aliphatic rings. The molecule has 0 radical (unpaired) electrons. The highest BCUT2D eigenvalue weighted by molar-refractivity contribution is 6.30. The molecule has 1 amide bonds. The zero-order valence-corrected chi connectivity index (χ0v) is 14.7. The molecule has 7 heteroatoms. The fourth-order valence-corrected chi connectivity index (χ4v) is 2.50. The van der Waals surface area contributed by atoms with Crippen LogP contribution in [0.25, 0.3) is 0 Å². The highest BCUT2D eigenvalue weighted by Crippen LogP contribution is 2.21. The van der Waals surface area contributed by atoms with Crippen LogP contribution >= 0.6 is 11.6 Å². The first kappa shape index (κ1) is 17.9. The van der Waals surface area contributed by atoms with Gasteiger partial charge in [-0.05, 0) is 42.8 Å². The molecular weight excluding hydrogens is 359 g/mol. The Hall–Kier alpha value is -2.86. The highest BCUT2D eigenvalue weighted by atomic mass is 35.5. The summed E-state index contributed by atoms with van der Waals surface area (Å²) in [5.74, 6) is 0.359. The molecule has 0 bridgehead atoms. The van der Waals surface area contributed by atoms with Crippen molar-refractivity contribution < 1.29 is 18.4 Å². The molecule has 0 aliphatic heterocycles. The number of ether oxygens (including phenoxy) is 1. The normalized spacial score (nSPS) is 10.6. The average molecular weight is 375 g/mol. The molecule has 26 heavy (non-hydrogen) atoms. The summed E-state index contributed by atoms with van der Waals surface area (Å²) in [6.45, 7) is 2.08. The Labute approximate surface area is 154 Å². The van der Waals surface area contributed by atoms with Crippen LogP contribution in [0.3, 0.4) is 0 Å². The van der Waals surface area contributed by atoms with E-state index >= 15 is 0 Å². The monoisotopic (exact) mass is 374 g/mol. The maximum Gasteiger partial charge on any atom is 0.274 e. The van der Waals surface area contributed by atoms with Crippen molar-refractivity contribution in [3.8, 4) is 5.75 Å². The van der Waals surface area contributed by atoms with E-state index in [2.05, 4.69) is 10.5 Å². The maximum absolute atomic E-state index is 12.9. The first-order valence-corrected chi connectivity index (χ1v) is 8.27. The Balaban J connectivity index is 1.66. The SMILES string of the molecule is Cc1onc(C(=O)NCc2ccc(F)cc2)c1COc1cccc(Cl)c1. The van der Waals surface area contributed by atoms with Crippen molar-refractivity contribution in [3.05, 3.63) is 82.0 Å². The third kappa shape index (κ3) is 4.40. The van der Waals surface area contributed by atoms with Crippen LogP contribution in [0.15, 0.2) is 53.1 Å². The number of hydrogen-bond donors (Lipinski definition) is 1. The second kappa shape index (κ2) is 8.01.